The van der Waals surface area contributed by atoms with Crippen molar-refractivity contribution in [2.75, 3.05) is 18.1 Å². The lowest BCUT2D eigenvalue weighted by Gasteiger charge is -2.31. The molecule has 1 atom stereocenters. The minimum Gasteiger partial charge on any atom is -0.490 e. The van der Waals surface area contributed by atoms with Gasteiger partial charge in [-0.1, -0.05) is 60.7 Å². The molecule has 0 bridgehead atoms. The van der Waals surface area contributed by atoms with E-state index in [0.717, 1.165) is 27.9 Å². The van der Waals surface area contributed by atoms with Crippen LogP contribution in [0.5, 0.6) is 5.75 Å². The zero-order chi connectivity index (χ0) is 26.6. The van der Waals surface area contributed by atoms with Gasteiger partial charge in [-0.3, -0.25) is 4.79 Å². The first-order valence-electron chi connectivity index (χ1n) is 12.5. The Morgan fingerprint density at radius 2 is 1.74 bits per heavy atom. The molecule has 4 aromatic carbocycles. The highest BCUT2D eigenvalue weighted by atomic mass is 19.1. The molecule has 7 heteroatoms. The van der Waals surface area contributed by atoms with Crippen LogP contribution in [0.1, 0.15) is 46.3 Å². The number of aliphatic hydroxyl groups excluding tert-OH is 1. The third-order valence-electron chi connectivity index (χ3n) is 6.78. The molecule has 0 aromatic heterocycles. The summed E-state index contributed by atoms with van der Waals surface area (Å²) in [5, 5.41) is 22.3. The summed E-state index contributed by atoms with van der Waals surface area (Å²) >= 11 is 0. The Bertz CT molecular complexity index is 1420. The van der Waals surface area contributed by atoms with Gasteiger partial charge in [-0.25, -0.2) is 4.39 Å². The van der Waals surface area contributed by atoms with Crippen LogP contribution in [0.2, 0.25) is 0 Å². The largest absolute Gasteiger partial charge is 0.490 e. The zero-order valence-corrected chi connectivity index (χ0v) is 21.0. The second-order valence-electron chi connectivity index (χ2n) is 9.36. The number of hydrogen-bond acceptors (Lipinski definition) is 5. The molecule has 1 amide bonds. The smallest absolute Gasteiger partial charge is 0.251 e. The maximum Gasteiger partial charge on any atom is 0.251 e. The van der Waals surface area contributed by atoms with Gasteiger partial charge < -0.3 is 25.2 Å². The first-order valence-corrected chi connectivity index (χ1v) is 12.5. The van der Waals surface area contributed by atoms with Gasteiger partial charge in [0.2, 0.25) is 0 Å². The number of halogens is 1. The molecule has 0 spiro atoms. The van der Waals surface area contributed by atoms with Crippen LogP contribution in [-0.2, 0) is 6.54 Å². The van der Waals surface area contributed by atoms with Crippen LogP contribution in [0, 0.1) is 5.82 Å². The van der Waals surface area contributed by atoms with Gasteiger partial charge in [0.05, 0.1) is 18.3 Å². The number of fused-ring (bicyclic) bond motifs is 1. The van der Waals surface area contributed by atoms with E-state index in [9.17, 15) is 19.4 Å². The molecule has 1 aliphatic heterocycles. The molecule has 194 valence electrons. The summed E-state index contributed by atoms with van der Waals surface area (Å²) in [6.07, 6.45) is -1.53. The van der Waals surface area contributed by atoms with Crippen molar-refractivity contribution in [3.63, 3.8) is 0 Å². The fourth-order valence-corrected chi connectivity index (χ4v) is 4.69. The van der Waals surface area contributed by atoms with Crippen LogP contribution in [0.15, 0.2) is 91.0 Å². The molecule has 38 heavy (non-hydrogen) atoms. The molecule has 0 radical (unpaired) electrons. The van der Waals surface area contributed by atoms with Crippen molar-refractivity contribution in [1.82, 2.24) is 5.32 Å². The fourth-order valence-electron chi connectivity index (χ4n) is 4.69. The number of nitrogens with zero attached hydrogens (tertiary/aromatic N) is 1. The molecule has 1 heterocycles. The van der Waals surface area contributed by atoms with Crippen molar-refractivity contribution in [2.45, 2.75) is 25.8 Å². The van der Waals surface area contributed by atoms with E-state index in [0.29, 0.717) is 36.6 Å². The normalized spacial score (nSPS) is 13.6. The average Bonchev–Trinajstić information content (AvgIpc) is 2.93. The molecule has 3 N–H and O–H groups in total. The van der Waals surface area contributed by atoms with Crippen molar-refractivity contribution in [3.8, 4) is 16.9 Å². The standard InChI is InChI=1S/C31H29FN2O4/c1-20(22-10-13-25(32)14-11-22)33-30(35)24-12-15-28-29(18-24)38-17-16-34(28)19-21-6-8-23(9-7-21)26-4-2-3-5-27(26)31(36)37/h2-15,18,20,31,36-37H,16-17,19H2,1H3,(H,33,35)/t20-/m0/s1. The number of carbonyl (C=O) groups excluding carboxylic acids is 1. The molecule has 1 aliphatic rings. The number of amides is 1. The van der Waals surface area contributed by atoms with Crippen LogP contribution in [0.3, 0.4) is 0 Å². The molecule has 5 rings (SSSR count). The monoisotopic (exact) mass is 512 g/mol. The minimum absolute atomic E-state index is 0.228. The zero-order valence-electron chi connectivity index (χ0n) is 21.0. The molecule has 0 unspecified atom stereocenters. The number of nitrogens with one attached hydrogen (secondary N) is 1. The first kappa shape index (κ1) is 25.4. The summed E-state index contributed by atoms with van der Waals surface area (Å²) in [5.74, 6) is 0.113. The van der Waals surface area contributed by atoms with Crippen LogP contribution >= 0.6 is 0 Å². The molecule has 0 fully saturated rings. The Morgan fingerprint density at radius 3 is 2.47 bits per heavy atom. The number of rotatable bonds is 7. The fraction of sp³-hybridized carbons (Fsp3) is 0.194. The van der Waals surface area contributed by atoms with Crippen molar-refractivity contribution >= 4 is 11.6 Å². The van der Waals surface area contributed by atoms with Gasteiger partial charge in [0.25, 0.3) is 5.91 Å². The van der Waals surface area contributed by atoms with Gasteiger partial charge in [0.15, 0.2) is 6.29 Å². The summed E-state index contributed by atoms with van der Waals surface area (Å²) in [7, 11) is 0. The van der Waals surface area contributed by atoms with E-state index in [1.165, 1.54) is 12.1 Å². The van der Waals surface area contributed by atoms with Crippen LogP contribution in [0.25, 0.3) is 11.1 Å². The maximum absolute atomic E-state index is 13.2. The average molecular weight is 513 g/mol. The second kappa shape index (κ2) is 11.0. The topological polar surface area (TPSA) is 82.0 Å². The highest BCUT2D eigenvalue weighted by molar-refractivity contribution is 5.95. The molecular formula is C31H29FN2O4. The van der Waals surface area contributed by atoms with Crippen molar-refractivity contribution in [2.24, 2.45) is 0 Å². The third kappa shape index (κ3) is 5.54. The van der Waals surface area contributed by atoms with E-state index in [-0.39, 0.29) is 17.8 Å². The van der Waals surface area contributed by atoms with Gasteiger partial charge >= 0.3 is 0 Å². The summed E-state index contributed by atoms with van der Waals surface area (Å²) in [4.78, 5) is 15.1. The molecule has 0 aliphatic carbocycles. The molecule has 0 saturated carbocycles. The Balaban J connectivity index is 1.28. The van der Waals surface area contributed by atoms with Gasteiger partial charge in [-0.15, -0.1) is 0 Å². The quantitative estimate of drug-likeness (QED) is 0.290. The highest BCUT2D eigenvalue weighted by Crippen LogP contribution is 2.34. The lowest BCUT2D eigenvalue weighted by Crippen LogP contribution is -2.32. The predicted molar refractivity (Wildman–Crippen MR) is 144 cm³/mol. The third-order valence-corrected chi connectivity index (χ3v) is 6.78. The van der Waals surface area contributed by atoms with E-state index in [4.69, 9.17) is 4.74 Å². The molecular weight excluding hydrogens is 483 g/mol. The lowest BCUT2D eigenvalue weighted by atomic mass is 9.98. The van der Waals surface area contributed by atoms with Gasteiger partial charge in [-0.05, 0) is 59.5 Å². The van der Waals surface area contributed by atoms with Crippen LogP contribution in [-0.4, -0.2) is 29.3 Å². The Hall–Kier alpha value is -4.20. The number of anilines is 1. The van der Waals surface area contributed by atoms with Gasteiger partial charge in [0.1, 0.15) is 18.2 Å². The Morgan fingerprint density at radius 1 is 1.00 bits per heavy atom. The number of ether oxygens (including phenoxy) is 1. The highest BCUT2D eigenvalue weighted by Gasteiger charge is 2.21. The summed E-state index contributed by atoms with van der Waals surface area (Å²) < 4.78 is 19.1. The van der Waals surface area contributed by atoms with Crippen molar-refractivity contribution in [3.05, 3.63) is 119 Å². The Kier molecular flexibility index (Phi) is 7.40. The summed E-state index contributed by atoms with van der Waals surface area (Å²) in [6, 6.07) is 26.5. The summed E-state index contributed by atoms with van der Waals surface area (Å²) in [5.41, 5.74) is 5.48. The van der Waals surface area contributed by atoms with Gasteiger partial charge in [0, 0.05) is 17.7 Å². The predicted octanol–water partition coefficient (Wildman–Crippen LogP) is 5.37. The Labute approximate surface area is 220 Å². The minimum atomic E-state index is -1.53. The van der Waals surface area contributed by atoms with Crippen molar-refractivity contribution < 1.29 is 24.1 Å². The maximum atomic E-state index is 13.2. The second-order valence-corrected chi connectivity index (χ2v) is 9.36. The number of benzene rings is 4. The molecule has 0 saturated heterocycles. The number of aliphatic hydroxyl groups is 2. The van der Waals surface area contributed by atoms with E-state index >= 15 is 0 Å². The van der Waals surface area contributed by atoms with E-state index in [1.54, 1.807) is 36.4 Å². The number of carbonyl (C=O) groups is 1. The van der Waals surface area contributed by atoms with Crippen molar-refractivity contribution in [1.29, 1.82) is 0 Å². The lowest BCUT2D eigenvalue weighted by molar-refractivity contribution is -0.0420. The SMILES string of the molecule is C[C@H](NC(=O)c1ccc2c(c1)OCCN2Cc1ccc(-c2ccccc2C(O)O)cc1)c1ccc(F)cc1. The van der Waals surface area contributed by atoms with Crippen LogP contribution < -0.4 is 15.0 Å². The van der Waals surface area contributed by atoms with E-state index in [1.807, 2.05) is 49.4 Å². The molecule has 6 nitrogen and oxygen atoms in total. The number of hydrogen-bond donors (Lipinski definition) is 3. The van der Waals surface area contributed by atoms with E-state index in [2.05, 4.69) is 10.2 Å². The van der Waals surface area contributed by atoms with Crippen LogP contribution in [0.4, 0.5) is 10.1 Å². The van der Waals surface area contributed by atoms with Gasteiger partial charge in [-0.2, -0.15) is 0 Å². The summed E-state index contributed by atoms with van der Waals surface area (Å²) in [6.45, 7) is 3.73. The van der Waals surface area contributed by atoms with E-state index < -0.39 is 6.29 Å². The molecule has 4 aromatic rings. The first-order chi connectivity index (χ1) is 18.4.